The van der Waals surface area contributed by atoms with Gasteiger partial charge in [0.05, 0.1) is 12.1 Å². The van der Waals surface area contributed by atoms with Crippen molar-refractivity contribution in [3.05, 3.63) is 35.9 Å². The highest BCUT2D eigenvalue weighted by atomic mass is 16.3. The molecule has 6 nitrogen and oxygen atoms in total. The average Bonchev–Trinajstić information content (AvgIpc) is 3.23. The van der Waals surface area contributed by atoms with Crippen molar-refractivity contribution < 1.29 is 14.7 Å². The fourth-order valence-corrected chi connectivity index (χ4v) is 3.38. The standard InChI is InChI=1S/C18H25N3O3/c22-15-10-16(19-11-15)18(24)20-14-8-9-21(12-14)17(23)7-6-13-4-2-1-3-5-13/h1-5,14-16,19,22H,6-12H2,(H,20,24). The summed E-state index contributed by atoms with van der Waals surface area (Å²) in [5.74, 6) is 0.0696. The highest BCUT2D eigenvalue weighted by molar-refractivity contribution is 5.83. The lowest BCUT2D eigenvalue weighted by Crippen LogP contribution is -2.46. The van der Waals surface area contributed by atoms with E-state index in [9.17, 15) is 14.7 Å². The van der Waals surface area contributed by atoms with Gasteiger partial charge < -0.3 is 20.6 Å². The second kappa shape index (κ2) is 7.77. The first kappa shape index (κ1) is 16.9. The second-order valence-corrected chi connectivity index (χ2v) is 6.67. The molecule has 1 aromatic carbocycles. The number of amides is 2. The highest BCUT2D eigenvalue weighted by Crippen LogP contribution is 2.14. The Morgan fingerprint density at radius 3 is 2.79 bits per heavy atom. The summed E-state index contributed by atoms with van der Waals surface area (Å²) < 4.78 is 0. The number of carbonyl (C=O) groups excluding carboxylic acids is 2. The molecule has 2 saturated heterocycles. The molecule has 0 aromatic heterocycles. The zero-order valence-corrected chi connectivity index (χ0v) is 13.8. The van der Waals surface area contributed by atoms with Gasteiger partial charge in [-0.1, -0.05) is 30.3 Å². The van der Waals surface area contributed by atoms with Crippen molar-refractivity contribution in [1.29, 1.82) is 0 Å². The van der Waals surface area contributed by atoms with Gasteiger partial charge in [-0.05, 0) is 24.8 Å². The van der Waals surface area contributed by atoms with Crippen LogP contribution in [0, 0.1) is 0 Å². The summed E-state index contributed by atoms with van der Waals surface area (Å²) in [5, 5.41) is 15.5. The van der Waals surface area contributed by atoms with Crippen molar-refractivity contribution in [2.75, 3.05) is 19.6 Å². The van der Waals surface area contributed by atoms with Crippen LogP contribution in [-0.2, 0) is 16.0 Å². The highest BCUT2D eigenvalue weighted by Gasteiger charge is 2.32. The molecule has 3 rings (SSSR count). The number of β-amino-alcohol motifs (C(OH)–C–C–N with tert-alkyl or cyclic N) is 1. The van der Waals surface area contributed by atoms with Crippen molar-refractivity contribution in [3.8, 4) is 0 Å². The molecular weight excluding hydrogens is 306 g/mol. The van der Waals surface area contributed by atoms with Crippen molar-refractivity contribution in [3.63, 3.8) is 0 Å². The number of aliphatic hydroxyl groups excluding tert-OH is 1. The number of nitrogens with zero attached hydrogens (tertiary/aromatic N) is 1. The van der Waals surface area contributed by atoms with Gasteiger partial charge in [-0.25, -0.2) is 0 Å². The molecule has 24 heavy (non-hydrogen) atoms. The molecule has 0 bridgehead atoms. The number of hydrogen-bond donors (Lipinski definition) is 3. The van der Waals surface area contributed by atoms with E-state index in [1.54, 1.807) is 0 Å². The van der Waals surface area contributed by atoms with Gasteiger partial charge in [-0.3, -0.25) is 9.59 Å². The Hall–Kier alpha value is -1.92. The van der Waals surface area contributed by atoms with Gasteiger partial charge in [-0.2, -0.15) is 0 Å². The molecule has 0 radical (unpaired) electrons. The molecule has 0 aliphatic carbocycles. The average molecular weight is 331 g/mol. The lowest BCUT2D eigenvalue weighted by atomic mass is 10.1. The van der Waals surface area contributed by atoms with Gasteiger partial charge in [0.2, 0.25) is 11.8 Å². The Kier molecular flexibility index (Phi) is 5.48. The molecule has 2 fully saturated rings. The van der Waals surface area contributed by atoms with Gasteiger partial charge in [0.1, 0.15) is 0 Å². The topological polar surface area (TPSA) is 81.7 Å². The fourth-order valence-electron chi connectivity index (χ4n) is 3.38. The molecular formula is C18H25N3O3. The molecule has 2 aliphatic rings. The summed E-state index contributed by atoms with van der Waals surface area (Å²) in [6, 6.07) is 9.69. The number of carbonyl (C=O) groups is 2. The minimum Gasteiger partial charge on any atom is -0.392 e. The maximum Gasteiger partial charge on any atom is 0.237 e. The summed E-state index contributed by atoms with van der Waals surface area (Å²) >= 11 is 0. The second-order valence-electron chi connectivity index (χ2n) is 6.67. The van der Waals surface area contributed by atoms with Crippen LogP contribution in [0.25, 0.3) is 0 Å². The number of nitrogens with one attached hydrogen (secondary N) is 2. The van der Waals surface area contributed by atoms with Crippen molar-refractivity contribution >= 4 is 11.8 Å². The third-order valence-corrected chi connectivity index (χ3v) is 4.78. The predicted octanol–water partition coefficient (Wildman–Crippen LogP) is 0.0591. The van der Waals surface area contributed by atoms with E-state index in [1.165, 1.54) is 5.56 Å². The number of rotatable bonds is 5. The smallest absolute Gasteiger partial charge is 0.237 e. The first-order valence-electron chi connectivity index (χ1n) is 8.65. The van der Waals surface area contributed by atoms with Crippen LogP contribution >= 0.6 is 0 Å². The fraction of sp³-hybridized carbons (Fsp3) is 0.556. The maximum atomic E-state index is 12.3. The van der Waals surface area contributed by atoms with Gasteiger partial charge in [0.15, 0.2) is 0 Å². The Morgan fingerprint density at radius 1 is 1.29 bits per heavy atom. The first-order valence-corrected chi connectivity index (χ1v) is 8.65. The minimum atomic E-state index is -0.444. The number of benzene rings is 1. The van der Waals surface area contributed by atoms with Gasteiger partial charge in [0.25, 0.3) is 0 Å². The van der Waals surface area contributed by atoms with Crippen LogP contribution in [0.2, 0.25) is 0 Å². The molecule has 3 N–H and O–H groups in total. The van der Waals surface area contributed by atoms with E-state index in [0.29, 0.717) is 32.5 Å². The van der Waals surface area contributed by atoms with Crippen LogP contribution < -0.4 is 10.6 Å². The van der Waals surface area contributed by atoms with E-state index >= 15 is 0 Å². The number of likely N-dealkylation sites (tertiary alicyclic amines) is 1. The summed E-state index contributed by atoms with van der Waals surface area (Å²) in [6.45, 7) is 1.74. The summed E-state index contributed by atoms with van der Waals surface area (Å²) in [6.07, 6.45) is 2.05. The molecule has 3 atom stereocenters. The normalized spacial score (nSPS) is 26.5. The zero-order chi connectivity index (χ0) is 16.9. The molecule has 3 unspecified atom stereocenters. The van der Waals surface area contributed by atoms with Crippen LogP contribution in [0.3, 0.4) is 0 Å². The van der Waals surface area contributed by atoms with Gasteiger partial charge >= 0.3 is 0 Å². The van der Waals surface area contributed by atoms with E-state index in [-0.39, 0.29) is 23.9 Å². The van der Waals surface area contributed by atoms with Gasteiger partial charge in [-0.15, -0.1) is 0 Å². The van der Waals surface area contributed by atoms with Crippen LogP contribution in [0.5, 0.6) is 0 Å². The van der Waals surface area contributed by atoms with Gasteiger partial charge in [0, 0.05) is 32.1 Å². The third kappa shape index (κ3) is 4.33. The summed E-state index contributed by atoms with van der Waals surface area (Å²) in [4.78, 5) is 26.3. The molecule has 2 heterocycles. The maximum absolute atomic E-state index is 12.3. The lowest BCUT2D eigenvalue weighted by Gasteiger charge is -2.18. The Morgan fingerprint density at radius 2 is 2.08 bits per heavy atom. The molecule has 0 spiro atoms. The Bertz CT molecular complexity index is 578. The molecule has 6 heteroatoms. The minimum absolute atomic E-state index is 0.0118. The van der Waals surface area contributed by atoms with E-state index in [4.69, 9.17) is 0 Å². The third-order valence-electron chi connectivity index (χ3n) is 4.78. The monoisotopic (exact) mass is 331 g/mol. The lowest BCUT2D eigenvalue weighted by molar-refractivity contribution is -0.130. The summed E-state index contributed by atoms with van der Waals surface area (Å²) in [5.41, 5.74) is 1.17. The van der Waals surface area contributed by atoms with Crippen LogP contribution in [-0.4, -0.2) is 59.6 Å². The number of hydrogen-bond acceptors (Lipinski definition) is 4. The molecule has 1 aromatic rings. The van der Waals surface area contributed by atoms with E-state index in [0.717, 1.165) is 12.8 Å². The molecule has 0 saturated carbocycles. The van der Waals surface area contributed by atoms with Crippen LogP contribution in [0.1, 0.15) is 24.8 Å². The predicted molar refractivity (Wildman–Crippen MR) is 90.3 cm³/mol. The molecule has 2 aliphatic heterocycles. The molecule has 2 amide bonds. The van der Waals surface area contributed by atoms with E-state index in [1.807, 2.05) is 35.2 Å². The van der Waals surface area contributed by atoms with Crippen LogP contribution in [0.4, 0.5) is 0 Å². The number of aryl methyl sites for hydroxylation is 1. The van der Waals surface area contributed by atoms with E-state index in [2.05, 4.69) is 10.6 Å². The van der Waals surface area contributed by atoms with Crippen molar-refractivity contribution in [2.24, 2.45) is 0 Å². The van der Waals surface area contributed by atoms with Crippen molar-refractivity contribution in [1.82, 2.24) is 15.5 Å². The zero-order valence-electron chi connectivity index (χ0n) is 13.8. The summed E-state index contributed by atoms with van der Waals surface area (Å²) in [7, 11) is 0. The number of aliphatic hydroxyl groups is 1. The Balaban J connectivity index is 1.41. The largest absolute Gasteiger partial charge is 0.392 e. The molecule has 130 valence electrons. The first-order chi connectivity index (χ1) is 11.6. The SMILES string of the molecule is O=C(NC1CCN(C(=O)CCc2ccccc2)C1)C1CC(O)CN1. The van der Waals surface area contributed by atoms with E-state index < -0.39 is 6.10 Å². The Labute approximate surface area is 142 Å². The van der Waals surface area contributed by atoms with Crippen molar-refractivity contribution in [2.45, 2.75) is 43.9 Å². The quantitative estimate of drug-likeness (QED) is 0.713. The van der Waals surface area contributed by atoms with Crippen LogP contribution in [0.15, 0.2) is 30.3 Å².